The van der Waals surface area contributed by atoms with Gasteiger partial charge in [-0.05, 0) is 12.8 Å². The Morgan fingerprint density at radius 2 is 2.00 bits per heavy atom. The van der Waals surface area contributed by atoms with E-state index in [4.69, 9.17) is 15.3 Å². The van der Waals surface area contributed by atoms with E-state index in [9.17, 15) is 4.79 Å². The van der Waals surface area contributed by atoms with Crippen molar-refractivity contribution in [3.8, 4) is 0 Å². The van der Waals surface area contributed by atoms with E-state index in [2.05, 4.69) is 5.32 Å². The molecular weight excluding hydrogens is 164 g/mol. The number of amides is 1. The lowest BCUT2D eigenvalue weighted by Crippen LogP contribution is -2.21. The van der Waals surface area contributed by atoms with Gasteiger partial charge in [0.05, 0.1) is 0 Å². The van der Waals surface area contributed by atoms with Crippen LogP contribution in [0.15, 0.2) is 0 Å². The fraction of sp³-hybridized carbons (Fsp3) is 0.833. The number of carbonyl (C=O) groups excluding carboxylic acids is 1. The molecule has 1 heterocycles. The van der Waals surface area contributed by atoms with Gasteiger partial charge in [0, 0.05) is 13.0 Å². The molecule has 0 saturated carbocycles. The van der Waals surface area contributed by atoms with E-state index < -0.39 is 5.09 Å². The summed E-state index contributed by atoms with van der Waals surface area (Å²) in [6.07, 6.45) is 4.18. The zero-order valence-corrected chi connectivity index (χ0v) is 6.65. The maximum atomic E-state index is 10.6. The van der Waals surface area contributed by atoms with Crippen LogP contribution >= 0.6 is 0 Å². The molecule has 1 aliphatic heterocycles. The van der Waals surface area contributed by atoms with E-state index in [1.165, 1.54) is 6.42 Å². The van der Waals surface area contributed by atoms with E-state index >= 15 is 0 Å². The standard InChI is InChI=1S/C6H11NO.HNO3/c8-6-4-2-1-3-5-7-6;2-1(3)4/h1-5H2,(H,7,8);(H,2,3,4). The number of nitrogens with one attached hydrogen (secondary N) is 1. The van der Waals surface area contributed by atoms with E-state index in [0.717, 1.165) is 25.8 Å². The summed E-state index contributed by atoms with van der Waals surface area (Å²) >= 11 is 0. The van der Waals surface area contributed by atoms with E-state index in [1.807, 2.05) is 0 Å². The fourth-order valence-electron chi connectivity index (χ4n) is 0.904. The molecule has 0 atom stereocenters. The fourth-order valence-corrected chi connectivity index (χ4v) is 0.904. The molecule has 0 aromatic heterocycles. The molecule has 6 heteroatoms. The van der Waals surface area contributed by atoms with Gasteiger partial charge < -0.3 is 10.5 Å². The summed E-state index contributed by atoms with van der Waals surface area (Å²) in [6, 6.07) is 0. The molecule has 1 rings (SSSR count). The van der Waals surface area contributed by atoms with Crippen molar-refractivity contribution in [3.05, 3.63) is 10.1 Å². The van der Waals surface area contributed by atoms with Gasteiger partial charge in [-0.25, -0.2) is 0 Å². The quantitative estimate of drug-likeness (QED) is 0.411. The van der Waals surface area contributed by atoms with Crippen LogP contribution in [0.1, 0.15) is 25.7 Å². The second-order valence-electron chi connectivity index (χ2n) is 2.40. The molecule has 0 aliphatic carbocycles. The second kappa shape index (κ2) is 6.38. The SMILES string of the molecule is O=C1CCCCCN1.O=[N+]([O-])O. The maximum absolute atomic E-state index is 10.6. The molecule has 0 radical (unpaired) electrons. The first kappa shape index (κ1) is 10.7. The van der Waals surface area contributed by atoms with Crippen LogP contribution in [-0.4, -0.2) is 22.7 Å². The van der Waals surface area contributed by atoms with Gasteiger partial charge in [-0.15, -0.1) is 10.1 Å². The molecule has 12 heavy (non-hydrogen) atoms. The molecule has 1 aliphatic rings. The molecule has 0 spiro atoms. The topological polar surface area (TPSA) is 92.5 Å². The van der Waals surface area contributed by atoms with Crippen molar-refractivity contribution in [1.82, 2.24) is 5.32 Å². The molecule has 1 amide bonds. The first-order valence-corrected chi connectivity index (χ1v) is 3.73. The highest BCUT2D eigenvalue weighted by atomic mass is 16.9. The van der Waals surface area contributed by atoms with Gasteiger partial charge >= 0.3 is 0 Å². The van der Waals surface area contributed by atoms with Gasteiger partial charge in [-0.2, -0.15) is 0 Å². The first-order chi connectivity index (χ1) is 5.63. The second-order valence-corrected chi connectivity index (χ2v) is 2.40. The number of rotatable bonds is 0. The Balaban J connectivity index is 0.000000261. The lowest BCUT2D eigenvalue weighted by atomic mass is 10.2. The number of hydrogen-bond donors (Lipinski definition) is 2. The van der Waals surface area contributed by atoms with Crippen LogP contribution in [0.4, 0.5) is 0 Å². The third-order valence-corrected chi connectivity index (χ3v) is 1.40. The van der Waals surface area contributed by atoms with E-state index in [1.54, 1.807) is 0 Å². The summed E-state index contributed by atoms with van der Waals surface area (Å²) in [4.78, 5) is 18.9. The highest BCUT2D eigenvalue weighted by Gasteiger charge is 2.03. The van der Waals surface area contributed by atoms with Gasteiger partial charge in [0.25, 0.3) is 5.09 Å². The Hall–Kier alpha value is -1.33. The third kappa shape index (κ3) is 8.67. The van der Waals surface area contributed by atoms with Gasteiger partial charge in [0.15, 0.2) is 0 Å². The minimum Gasteiger partial charge on any atom is -0.356 e. The monoisotopic (exact) mass is 176 g/mol. The Morgan fingerprint density at radius 3 is 2.58 bits per heavy atom. The van der Waals surface area contributed by atoms with Crippen LogP contribution in [0, 0.1) is 10.1 Å². The highest BCUT2D eigenvalue weighted by molar-refractivity contribution is 5.75. The zero-order chi connectivity index (χ0) is 9.40. The minimum absolute atomic E-state index is 0.225. The molecular formula is C6H12N2O4. The Labute approximate surface area is 69.7 Å². The Kier molecular flexibility index (Phi) is 5.68. The summed E-state index contributed by atoms with van der Waals surface area (Å²) < 4.78 is 0. The van der Waals surface area contributed by atoms with Gasteiger partial charge in [0.2, 0.25) is 5.91 Å². The predicted octanol–water partition coefficient (Wildman–Crippen LogP) is 0.329. The van der Waals surface area contributed by atoms with Gasteiger partial charge in [-0.3, -0.25) is 4.79 Å². The zero-order valence-electron chi connectivity index (χ0n) is 6.65. The third-order valence-electron chi connectivity index (χ3n) is 1.40. The first-order valence-electron chi connectivity index (χ1n) is 3.73. The number of hydrogen-bond acceptors (Lipinski definition) is 3. The highest BCUT2D eigenvalue weighted by Crippen LogP contribution is 2.02. The summed E-state index contributed by atoms with van der Waals surface area (Å²) in [5.74, 6) is 0.225. The average Bonchev–Trinajstić information content (AvgIpc) is 2.14. The van der Waals surface area contributed by atoms with Crippen LogP contribution in [0.3, 0.4) is 0 Å². The van der Waals surface area contributed by atoms with Crippen molar-refractivity contribution in [3.63, 3.8) is 0 Å². The Morgan fingerprint density at radius 1 is 1.42 bits per heavy atom. The molecule has 0 aromatic rings. The van der Waals surface area contributed by atoms with Crippen molar-refractivity contribution >= 4 is 5.91 Å². The molecule has 70 valence electrons. The van der Waals surface area contributed by atoms with Gasteiger partial charge in [0.1, 0.15) is 0 Å². The molecule has 1 fully saturated rings. The van der Waals surface area contributed by atoms with Crippen molar-refractivity contribution in [2.45, 2.75) is 25.7 Å². The van der Waals surface area contributed by atoms with Crippen molar-refractivity contribution < 1.29 is 15.1 Å². The number of nitrogens with zero attached hydrogens (tertiary/aromatic N) is 1. The average molecular weight is 176 g/mol. The Bertz CT molecular complexity index is 146. The molecule has 2 N–H and O–H groups in total. The van der Waals surface area contributed by atoms with Crippen LogP contribution < -0.4 is 5.32 Å². The normalized spacial score (nSPS) is 16.5. The van der Waals surface area contributed by atoms with Crippen LogP contribution in [0.2, 0.25) is 0 Å². The van der Waals surface area contributed by atoms with E-state index in [0.29, 0.717) is 0 Å². The van der Waals surface area contributed by atoms with Crippen molar-refractivity contribution in [1.29, 1.82) is 0 Å². The summed E-state index contributed by atoms with van der Waals surface area (Å²) in [5, 5.41) is 16.4. The van der Waals surface area contributed by atoms with Crippen LogP contribution in [0.5, 0.6) is 0 Å². The summed E-state index contributed by atoms with van der Waals surface area (Å²) in [6.45, 7) is 0.888. The predicted molar refractivity (Wildman–Crippen MR) is 40.3 cm³/mol. The van der Waals surface area contributed by atoms with Crippen molar-refractivity contribution in [2.75, 3.05) is 6.54 Å². The minimum atomic E-state index is -1.50. The largest absolute Gasteiger partial charge is 0.356 e. The molecule has 1 saturated heterocycles. The summed E-state index contributed by atoms with van der Waals surface area (Å²) in [5.41, 5.74) is 0. The van der Waals surface area contributed by atoms with Crippen LogP contribution in [-0.2, 0) is 4.79 Å². The summed E-state index contributed by atoms with van der Waals surface area (Å²) in [7, 11) is 0. The molecule has 0 unspecified atom stereocenters. The van der Waals surface area contributed by atoms with E-state index in [-0.39, 0.29) is 5.91 Å². The van der Waals surface area contributed by atoms with Gasteiger partial charge in [-0.1, -0.05) is 6.42 Å². The number of carbonyl (C=O) groups is 1. The molecule has 0 aromatic carbocycles. The van der Waals surface area contributed by atoms with Crippen LogP contribution in [0.25, 0.3) is 0 Å². The maximum Gasteiger partial charge on any atom is 0.291 e. The lowest BCUT2D eigenvalue weighted by molar-refractivity contribution is -0.742. The molecule has 0 bridgehead atoms. The molecule has 6 nitrogen and oxygen atoms in total. The lowest BCUT2D eigenvalue weighted by Gasteiger charge is -1.93. The van der Waals surface area contributed by atoms with Crippen molar-refractivity contribution in [2.24, 2.45) is 0 Å². The smallest absolute Gasteiger partial charge is 0.291 e.